The normalized spacial score (nSPS) is 16.8. The first-order valence-electron chi connectivity index (χ1n) is 13.3. The highest BCUT2D eigenvalue weighted by Gasteiger charge is 2.32. The molecule has 0 unspecified atom stereocenters. The molecule has 1 aromatic carbocycles. The number of benzene rings is 1. The van der Waals surface area contributed by atoms with Gasteiger partial charge in [-0.25, -0.2) is 0 Å². The van der Waals surface area contributed by atoms with Crippen LogP contribution < -0.4 is 14.8 Å². The van der Waals surface area contributed by atoms with Gasteiger partial charge in [-0.05, 0) is 50.0 Å². The number of carbonyl (C=O) groups excluding carboxylic acids is 2. The van der Waals surface area contributed by atoms with Crippen molar-refractivity contribution in [1.29, 1.82) is 0 Å². The molecule has 0 spiro atoms. The first kappa shape index (κ1) is 27.8. The van der Waals surface area contributed by atoms with Gasteiger partial charge in [0.2, 0.25) is 5.91 Å². The number of rotatable bonds is 15. The van der Waals surface area contributed by atoms with Gasteiger partial charge in [0.25, 0.3) is 0 Å². The Hall–Kier alpha value is -2.81. The highest BCUT2D eigenvalue weighted by Crippen LogP contribution is 2.35. The molecule has 1 aromatic rings. The van der Waals surface area contributed by atoms with E-state index in [0.29, 0.717) is 43.2 Å². The van der Waals surface area contributed by atoms with Crippen molar-refractivity contribution in [2.75, 3.05) is 32.8 Å². The van der Waals surface area contributed by atoms with E-state index < -0.39 is 24.1 Å². The summed E-state index contributed by atoms with van der Waals surface area (Å²) >= 11 is 0. The molecule has 2 aliphatic heterocycles. The summed E-state index contributed by atoms with van der Waals surface area (Å²) in [6, 6.07) is 4.90. The summed E-state index contributed by atoms with van der Waals surface area (Å²) in [6.45, 7) is 5.42. The molecule has 0 radical (unpaired) electrons. The summed E-state index contributed by atoms with van der Waals surface area (Å²) < 4.78 is 17.2. The highest BCUT2D eigenvalue weighted by molar-refractivity contribution is 5.77. The number of aliphatic carboxylic acids is 1. The molecule has 36 heavy (non-hydrogen) atoms. The van der Waals surface area contributed by atoms with Gasteiger partial charge >= 0.3 is 11.9 Å². The zero-order valence-corrected chi connectivity index (χ0v) is 21.3. The van der Waals surface area contributed by atoms with Crippen molar-refractivity contribution in [3.05, 3.63) is 23.8 Å². The number of carboxylic acid groups (broad SMARTS) is 1. The predicted molar refractivity (Wildman–Crippen MR) is 134 cm³/mol. The number of ether oxygens (including phenoxy) is 3. The largest absolute Gasteiger partial charge is 0.486 e. The highest BCUT2D eigenvalue weighted by atomic mass is 16.6. The van der Waals surface area contributed by atoms with E-state index in [1.807, 2.05) is 6.07 Å². The van der Waals surface area contributed by atoms with Gasteiger partial charge in [0.15, 0.2) is 11.5 Å². The molecule has 0 aliphatic carbocycles. The fourth-order valence-electron chi connectivity index (χ4n) is 4.66. The second-order valence-electron chi connectivity index (χ2n) is 9.55. The molecule has 0 aromatic heterocycles. The fraction of sp³-hybridized carbons (Fsp3) is 0.667. The fourth-order valence-corrected chi connectivity index (χ4v) is 4.66. The third-order valence-corrected chi connectivity index (χ3v) is 6.57. The maximum Gasteiger partial charge on any atom is 0.307 e. The lowest BCUT2D eigenvalue weighted by Gasteiger charge is -2.32. The molecule has 0 bridgehead atoms. The van der Waals surface area contributed by atoms with Crippen molar-refractivity contribution in [2.45, 2.75) is 83.3 Å². The number of hydrogen-bond donors (Lipinski definition) is 2. The molecular weight excluding hydrogens is 464 g/mol. The molecule has 200 valence electrons. The van der Waals surface area contributed by atoms with Gasteiger partial charge in [0.1, 0.15) is 19.3 Å². The Bertz CT molecular complexity index is 870. The average molecular weight is 505 g/mol. The second-order valence-corrected chi connectivity index (χ2v) is 9.55. The first-order chi connectivity index (χ1) is 17.5. The lowest BCUT2D eigenvalue weighted by atomic mass is 9.99. The third-order valence-electron chi connectivity index (χ3n) is 6.57. The summed E-state index contributed by atoms with van der Waals surface area (Å²) in [6.07, 6.45) is 6.51. The number of carbonyl (C=O) groups is 3. The van der Waals surface area contributed by atoms with E-state index in [1.54, 1.807) is 12.1 Å². The Morgan fingerprint density at radius 3 is 2.44 bits per heavy atom. The van der Waals surface area contributed by atoms with Crippen LogP contribution >= 0.6 is 0 Å². The van der Waals surface area contributed by atoms with Gasteiger partial charge in [-0.3, -0.25) is 14.4 Å². The molecule has 2 heterocycles. The molecule has 2 aliphatic rings. The Morgan fingerprint density at radius 2 is 1.72 bits per heavy atom. The van der Waals surface area contributed by atoms with Crippen LogP contribution in [0.25, 0.3) is 0 Å². The molecule has 1 amide bonds. The van der Waals surface area contributed by atoms with Crippen molar-refractivity contribution in [3.63, 3.8) is 0 Å². The Labute approximate surface area is 213 Å². The van der Waals surface area contributed by atoms with Gasteiger partial charge in [-0.2, -0.15) is 0 Å². The van der Waals surface area contributed by atoms with Gasteiger partial charge in [0, 0.05) is 13.0 Å². The van der Waals surface area contributed by atoms with Crippen molar-refractivity contribution < 1.29 is 33.7 Å². The number of nitrogens with zero attached hydrogens (tertiary/aromatic N) is 1. The van der Waals surface area contributed by atoms with Crippen LogP contribution in [0.3, 0.4) is 0 Å². The zero-order valence-electron chi connectivity index (χ0n) is 21.3. The van der Waals surface area contributed by atoms with Crippen LogP contribution in [0.2, 0.25) is 0 Å². The van der Waals surface area contributed by atoms with Crippen LogP contribution in [0.1, 0.15) is 82.8 Å². The minimum absolute atomic E-state index is 0.0696. The smallest absolute Gasteiger partial charge is 0.307 e. The van der Waals surface area contributed by atoms with Gasteiger partial charge < -0.3 is 29.5 Å². The molecule has 9 heteroatoms. The second kappa shape index (κ2) is 14.7. The first-order valence-corrected chi connectivity index (χ1v) is 13.3. The van der Waals surface area contributed by atoms with E-state index in [0.717, 1.165) is 58.0 Å². The number of unbranched alkanes of at least 4 members (excludes halogenated alkanes) is 4. The lowest BCUT2D eigenvalue weighted by Crippen LogP contribution is -2.47. The van der Waals surface area contributed by atoms with Crippen LogP contribution in [0.5, 0.6) is 11.5 Å². The number of carboxylic acids is 1. The number of amides is 1. The van der Waals surface area contributed by atoms with Crippen molar-refractivity contribution in [1.82, 2.24) is 10.2 Å². The van der Waals surface area contributed by atoms with E-state index in [9.17, 15) is 14.4 Å². The number of fused-ring (bicyclic) bond motifs is 1. The quantitative estimate of drug-likeness (QED) is 0.273. The summed E-state index contributed by atoms with van der Waals surface area (Å²) in [4.78, 5) is 38.8. The minimum Gasteiger partial charge on any atom is -0.486 e. The molecule has 2 N–H and O–H groups in total. The topological polar surface area (TPSA) is 114 Å². The minimum atomic E-state index is -1.06. The molecule has 3 rings (SSSR count). The maximum atomic E-state index is 12.9. The average Bonchev–Trinajstić information content (AvgIpc) is 3.38. The number of likely N-dealkylation sites (tertiary alicyclic amines) is 1. The Morgan fingerprint density at radius 1 is 1.00 bits per heavy atom. The van der Waals surface area contributed by atoms with E-state index in [-0.39, 0.29) is 18.7 Å². The molecule has 0 saturated carbocycles. The maximum absolute atomic E-state index is 12.9. The summed E-state index contributed by atoms with van der Waals surface area (Å²) in [7, 11) is 0. The van der Waals surface area contributed by atoms with Gasteiger partial charge in [-0.1, -0.05) is 38.7 Å². The summed E-state index contributed by atoms with van der Waals surface area (Å²) in [5, 5.41) is 12.1. The van der Waals surface area contributed by atoms with Crippen molar-refractivity contribution in [2.24, 2.45) is 0 Å². The molecule has 1 saturated heterocycles. The third kappa shape index (κ3) is 9.00. The predicted octanol–water partition coefficient (Wildman–Crippen LogP) is 3.85. The van der Waals surface area contributed by atoms with E-state index >= 15 is 0 Å². The van der Waals surface area contributed by atoms with Crippen molar-refractivity contribution >= 4 is 17.8 Å². The van der Waals surface area contributed by atoms with E-state index in [2.05, 4.69) is 17.1 Å². The molecular formula is C27H40N2O7. The molecule has 9 nitrogen and oxygen atoms in total. The SMILES string of the molecule is CCCCCCCC(=O)N[C@H](CN1CCCC1)[C@H](OC(=O)CCC(=O)O)c1ccc2c(c1)OCCO2. The van der Waals surface area contributed by atoms with E-state index in [4.69, 9.17) is 19.3 Å². The zero-order chi connectivity index (χ0) is 25.8. The summed E-state index contributed by atoms with van der Waals surface area (Å²) in [5.74, 6) is -0.564. The van der Waals surface area contributed by atoms with Crippen LogP contribution in [-0.2, 0) is 19.1 Å². The monoisotopic (exact) mass is 504 g/mol. The number of esters is 1. The lowest BCUT2D eigenvalue weighted by molar-refractivity contribution is -0.154. The Balaban J connectivity index is 1.79. The van der Waals surface area contributed by atoms with Crippen molar-refractivity contribution in [3.8, 4) is 11.5 Å². The van der Waals surface area contributed by atoms with Crippen LogP contribution in [-0.4, -0.2) is 66.7 Å². The number of nitrogens with one attached hydrogen (secondary N) is 1. The summed E-state index contributed by atoms with van der Waals surface area (Å²) in [5.41, 5.74) is 0.676. The van der Waals surface area contributed by atoms with E-state index in [1.165, 1.54) is 0 Å². The van der Waals surface area contributed by atoms with Gasteiger partial charge in [-0.15, -0.1) is 0 Å². The molecule has 2 atom stereocenters. The number of hydrogen-bond acceptors (Lipinski definition) is 7. The standard InChI is InChI=1S/C27H40N2O7/c1-2-3-4-5-6-9-24(30)28-21(19-29-14-7-8-15-29)27(36-26(33)13-12-25(31)32)20-10-11-22-23(18-20)35-17-16-34-22/h10-11,18,21,27H,2-9,12-17,19H2,1H3,(H,28,30)(H,31,32)/t21-,27-/m1/s1. The molecule has 1 fully saturated rings. The van der Waals surface area contributed by atoms with Crippen LogP contribution in [0.4, 0.5) is 0 Å². The Kier molecular flexibility index (Phi) is 11.3. The van der Waals surface area contributed by atoms with Gasteiger partial charge in [0.05, 0.1) is 18.9 Å². The van der Waals surface area contributed by atoms with Crippen LogP contribution in [0.15, 0.2) is 18.2 Å². The van der Waals surface area contributed by atoms with Crippen LogP contribution in [0, 0.1) is 0 Å².